The van der Waals surface area contributed by atoms with Crippen LogP contribution in [0, 0.1) is 6.92 Å². The fraction of sp³-hybridized carbons (Fsp3) is 0.636. The lowest BCUT2D eigenvalue weighted by Crippen LogP contribution is -2.50. The number of aromatic nitrogens is 2. The smallest absolute Gasteiger partial charge is 0.132 e. The van der Waals surface area contributed by atoms with Gasteiger partial charge in [-0.05, 0) is 19.9 Å². The van der Waals surface area contributed by atoms with Gasteiger partial charge >= 0.3 is 0 Å². The highest BCUT2D eigenvalue weighted by Crippen LogP contribution is 2.19. The van der Waals surface area contributed by atoms with Crippen LogP contribution in [0.1, 0.15) is 12.7 Å². The number of rotatable bonds is 2. The number of ether oxygens (including phenoxy) is 1. The summed E-state index contributed by atoms with van der Waals surface area (Å²) in [4.78, 5) is 10.6. The summed E-state index contributed by atoms with van der Waals surface area (Å²) in [6.45, 7) is 5.30. The molecule has 0 amide bonds. The molecule has 2 heterocycles. The van der Waals surface area contributed by atoms with Crippen LogP contribution in [-0.2, 0) is 4.74 Å². The second-order valence-electron chi connectivity index (χ2n) is 4.10. The van der Waals surface area contributed by atoms with Crippen LogP contribution in [0.5, 0.6) is 0 Å². The first-order valence-electron chi connectivity index (χ1n) is 5.49. The zero-order chi connectivity index (χ0) is 11.5. The molecule has 1 aliphatic rings. The molecule has 1 saturated heterocycles. The summed E-state index contributed by atoms with van der Waals surface area (Å²) < 4.78 is 5.49. The maximum atomic E-state index is 9.11. The quantitative estimate of drug-likeness (QED) is 0.785. The predicted molar refractivity (Wildman–Crippen MR) is 60.4 cm³/mol. The normalized spacial score (nSPS) is 25.8. The molecule has 88 valence electrons. The molecule has 2 unspecified atom stereocenters. The van der Waals surface area contributed by atoms with Gasteiger partial charge in [0.1, 0.15) is 11.6 Å². The van der Waals surface area contributed by atoms with Gasteiger partial charge in [0.2, 0.25) is 0 Å². The van der Waals surface area contributed by atoms with Crippen molar-refractivity contribution >= 4 is 5.82 Å². The van der Waals surface area contributed by atoms with Gasteiger partial charge in [-0.3, -0.25) is 0 Å². The molecule has 0 aliphatic carbocycles. The Morgan fingerprint density at radius 1 is 1.62 bits per heavy atom. The van der Waals surface area contributed by atoms with Crippen LogP contribution in [0.25, 0.3) is 0 Å². The lowest BCUT2D eigenvalue weighted by molar-refractivity contribution is -0.0105. The molecule has 0 aromatic carbocycles. The molecule has 0 radical (unpaired) electrons. The van der Waals surface area contributed by atoms with Crippen molar-refractivity contribution in [2.75, 3.05) is 24.7 Å². The molecular weight excluding hydrogens is 206 g/mol. The van der Waals surface area contributed by atoms with E-state index in [4.69, 9.17) is 9.84 Å². The Balaban J connectivity index is 2.17. The molecular formula is C11H17N3O2. The topological polar surface area (TPSA) is 58.5 Å². The maximum Gasteiger partial charge on any atom is 0.132 e. The first-order valence-corrected chi connectivity index (χ1v) is 5.49. The third-order valence-electron chi connectivity index (χ3n) is 2.76. The van der Waals surface area contributed by atoms with Crippen molar-refractivity contribution in [3.63, 3.8) is 0 Å². The van der Waals surface area contributed by atoms with Gasteiger partial charge in [-0.2, -0.15) is 0 Å². The van der Waals surface area contributed by atoms with Gasteiger partial charge in [0.05, 0.1) is 25.4 Å². The van der Waals surface area contributed by atoms with E-state index in [9.17, 15) is 0 Å². The molecule has 1 fully saturated rings. The fourth-order valence-electron chi connectivity index (χ4n) is 1.85. The van der Waals surface area contributed by atoms with Crippen molar-refractivity contribution in [1.82, 2.24) is 9.97 Å². The van der Waals surface area contributed by atoms with Gasteiger partial charge in [0.25, 0.3) is 0 Å². The molecule has 1 aliphatic heterocycles. The number of hydrogen-bond acceptors (Lipinski definition) is 5. The molecule has 16 heavy (non-hydrogen) atoms. The Hall–Kier alpha value is -1.20. The van der Waals surface area contributed by atoms with Gasteiger partial charge in [0.15, 0.2) is 0 Å². The molecule has 1 aromatic rings. The molecule has 2 rings (SSSR count). The lowest BCUT2D eigenvalue weighted by Gasteiger charge is -2.38. The number of aryl methyl sites for hydroxylation is 1. The maximum absolute atomic E-state index is 9.11. The van der Waals surface area contributed by atoms with E-state index in [2.05, 4.69) is 21.8 Å². The minimum atomic E-state index is -0.119. The summed E-state index contributed by atoms with van der Waals surface area (Å²) in [6, 6.07) is 2.17. The van der Waals surface area contributed by atoms with Crippen molar-refractivity contribution in [3.05, 3.63) is 18.1 Å². The van der Waals surface area contributed by atoms with Gasteiger partial charge < -0.3 is 14.7 Å². The number of nitrogens with zero attached hydrogens (tertiary/aromatic N) is 3. The zero-order valence-corrected chi connectivity index (χ0v) is 9.63. The van der Waals surface area contributed by atoms with Gasteiger partial charge in [-0.15, -0.1) is 0 Å². The van der Waals surface area contributed by atoms with E-state index >= 15 is 0 Å². The van der Waals surface area contributed by atoms with Crippen LogP contribution in [0.2, 0.25) is 0 Å². The average Bonchev–Trinajstić information content (AvgIpc) is 2.30. The molecule has 2 atom stereocenters. The van der Waals surface area contributed by atoms with Crippen LogP contribution in [0.15, 0.2) is 12.3 Å². The van der Waals surface area contributed by atoms with Crippen LogP contribution < -0.4 is 4.90 Å². The summed E-state index contributed by atoms with van der Waals surface area (Å²) >= 11 is 0. The van der Waals surface area contributed by atoms with E-state index in [0.29, 0.717) is 13.2 Å². The van der Waals surface area contributed by atoms with Crippen LogP contribution in [0.3, 0.4) is 0 Å². The van der Waals surface area contributed by atoms with Gasteiger partial charge in [0, 0.05) is 12.7 Å². The third-order valence-corrected chi connectivity index (χ3v) is 2.76. The highest BCUT2D eigenvalue weighted by molar-refractivity contribution is 5.39. The Morgan fingerprint density at radius 2 is 2.44 bits per heavy atom. The van der Waals surface area contributed by atoms with E-state index in [1.165, 1.54) is 0 Å². The van der Waals surface area contributed by atoms with Crippen molar-refractivity contribution in [2.24, 2.45) is 0 Å². The first kappa shape index (κ1) is 11.3. The zero-order valence-electron chi connectivity index (χ0n) is 9.63. The first-order chi connectivity index (χ1) is 7.70. The van der Waals surface area contributed by atoms with E-state index in [0.717, 1.165) is 11.6 Å². The second kappa shape index (κ2) is 4.76. The van der Waals surface area contributed by atoms with Gasteiger partial charge in [-0.25, -0.2) is 9.97 Å². The summed E-state index contributed by atoms with van der Waals surface area (Å²) in [7, 11) is 0. The number of anilines is 1. The molecule has 0 bridgehead atoms. The molecule has 1 N–H and O–H groups in total. The summed E-state index contributed by atoms with van der Waals surface area (Å²) in [5.41, 5.74) is 0. The minimum Gasteiger partial charge on any atom is -0.394 e. The standard InChI is InChI=1S/C11H17N3O2/c1-8-7-16-10(6-15)5-14(8)11-3-4-12-9(2)13-11/h3-4,8,10,15H,5-7H2,1-2H3. The second-order valence-corrected chi connectivity index (χ2v) is 4.10. The van der Waals surface area contributed by atoms with E-state index in [1.54, 1.807) is 6.20 Å². The van der Waals surface area contributed by atoms with E-state index < -0.39 is 0 Å². The van der Waals surface area contributed by atoms with Crippen LogP contribution in [-0.4, -0.2) is 47.0 Å². The largest absolute Gasteiger partial charge is 0.394 e. The average molecular weight is 223 g/mol. The molecule has 5 nitrogen and oxygen atoms in total. The minimum absolute atomic E-state index is 0.0489. The number of aliphatic hydroxyl groups is 1. The van der Waals surface area contributed by atoms with E-state index in [-0.39, 0.29) is 18.8 Å². The molecule has 5 heteroatoms. The number of hydrogen-bond donors (Lipinski definition) is 1. The fourth-order valence-corrected chi connectivity index (χ4v) is 1.85. The molecule has 1 aromatic heterocycles. The van der Waals surface area contributed by atoms with Crippen molar-refractivity contribution < 1.29 is 9.84 Å². The lowest BCUT2D eigenvalue weighted by atomic mass is 10.2. The number of aliphatic hydroxyl groups excluding tert-OH is 1. The highest BCUT2D eigenvalue weighted by Gasteiger charge is 2.26. The molecule has 0 saturated carbocycles. The van der Waals surface area contributed by atoms with E-state index in [1.807, 2.05) is 13.0 Å². The van der Waals surface area contributed by atoms with Crippen molar-refractivity contribution in [3.8, 4) is 0 Å². The molecule has 0 spiro atoms. The Kier molecular flexibility index (Phi) is 3.36. The Morgan fingerprint density at radius 3 is 3.12 bits per heavy atom. The Labute approximate surface area is 95.1 Å². The SMILES string of the molecule is Cc1nccc(N2CC(CO)OCC2C)n1. The Bertz CT molecular complexity index is 359. The van der Waals surface area contributed by atoms with Gasteiger partial charge in [-0.1, -0.05) is 0 Å². The monoisotopic (exact) mass is 223 g/mol. The van der Waals surface area contributed by atoms with Crippen molar-refractivity contribution in [1.29, 1.82) is 0 Å². The highest BCUT2D eigenvalue weighted by atomic mass is 16.5. The van der Waals surface area contributed by atoms with Crippen molar-refractivity contribution in [2.45, 2.75) is 26.0 Å². The summed E-state index contributed by atoms with van der Waals surface area (Å²) in [5, 5.41) is 9.11. The summed E-state index contributed by atoms with van der Waals surface area (Å²) in [5.74, 6) is 1.67. The van der Waals surface area contributed by atoms with Crippen LogP contribution in [0.4, 0.5) is 5.82 Å². The third kappa shape index (κ3) is 2.31. The predicted octanol–water partition coefficient (Wildman–Crippen LogP) is 0.371. The summed E-state index contributed by atoms with van der Waals surface area (Å²) in [6.07, 6.45) is 1.64. The number of morpholine rings is 1. The van der Waals surface area contributed by atoms with Crippen LogP contribution >= 0.6 is 0 Å².